The largest absolute Gasteiger partial charge is 0.355 e. The van der Waals surface area contributed by atoms with Crippen molar-refractivity contribution in [2.75, 3.05) is 31.6 Å². The average molecular weight is 354 g/mol. The van der Waals surface area contributed by atoms with Gasteiger partial charge < -0.3 is 15.1 Å². The Hall–Kier alpha value is -1.37. The predicted octanol–water partition coefficient (Wildman–Crippen LogP) is 1.85. The number of halogens is 1. The number of nitrogens with one attached hydrogen (secondary N) is 1. The molecule has 0 atom stereocenters. The molecule has 2 amide bonds. The molecule has 3 heterocycles. The minimum Gasteiger partial charge on any atom is -0.355 e. The van der Waals surface area contributed by atoms with Gasteiger partial charge in [-0.15, -0.1) is 0 Å². The van der Waals surface area contributed by atoms with Gasteiger partial charge in [0.2, 0.25) is 0 Å². The molecule has 1 aromatic heterocycles. The van der Waals surface area contributed by atoms with Gasteiger partial charge in [-0.1, -0.05) is 0 Å². The second-order valence-electron chi connectivity index (χ2n) is 5.92. The average Bonchev–Trinajstić information content (AvgIpc) is 2.73. The molecule has 0 aliphatic carbocycles. The van der Waals surface area contributed by atoms with E-state index in [1.807, 2.05) is 25.8 Å². The highest BCUT2D eigenvalue weighted by molar-refractivity contribution is 9.10. The number of urea groups is 1. The lowest BCUT2D eigenvalue weighted by atomic mass is 9.87. The number of hydrogen-bond donors (Lipinski definition) is 1. The number of anilines is 1. The van der Waals surface area contributed by atoms with Gasteiger partial charge in [-0.05, 0) is 42.6 Å². The Bertz CT molecular complexity index is 583. The minimum absolute atomic E-state index is 0.0306. The Morgan fingerprint density at radius 3 is 2.48 bits per heavy atom. The van der Waals surface area contributed by atoms with Gasteiger partial charge >= 0.3 is 6.03 Å². The van der Waals surface area contributed by atoms with Crippen molar-refractivity contribution in [3.8, 4) is 0 Å². The Morgan fingerprint density at radius 1 is 1.24 bits per heavy atom. The number of amides is 2. The van der Waals surface area contributed by atoms with Crippen LogP contribution in [0, 0.1) is 13.8 Å². The molecule has 2 aliphatic rings. The van der Waals surface area contributed by atoms with Crippen LogP contribution in [-0.2, 0) is 0 Å². The van der Waals surface area contributed by atoms with E-state index >= 15 is 0 Å². The summed E-state index contributed by atoms with van der Waals surface area (Å²) in [6.45, 7) is 6.45. The molecule has 0 saturated carbocycles. The van der Waals surface area contributed by atoms with Crippen molar-refractivity contribution >= 4 is 27.8 Å². The van der Waals surface area contributed by atoms with Gasteiger partial charge in [0.15, 0.2) is 0 Å². The Balaban J connectivity index is 1.79. The molecule has 21 heavy (non-hydrogen) atoms. The third-order valence-corrected chi connectivity index (χ3v) is 5.62. The van der Waals surface area contributed by atoms with Crippen LogP contribution >= 0.6 is 15.9 Å². The van der Waals surface area contributed by atoms with Crippen molar-refractivity contribution in [3.05, 3.63) is 16.0 Å². The van der Waals surface area contributed by atoms with Crippen molar-refractivity contribution in [2.45, 2.75) is 32.2 Å². The summed E-state index contributed by atoms with van der Waals surface area (Å²) in [5.74, 6) is 1.76. The molecule has 114 valence electrons. The third kappa shape index (κ3) is 2.37. The first-order valence-electron chi connectivity index (χ1n) is 7.20. The van der Waals surface area contributed by atoms with Crippen LogP contribution in [0.1, 0.15) is 24.4 Å². The summed E-state index contributed by atoms with van der Waals surface area (Å²) >= 11 is 3.60. The monoisotopic (exact) mass is 353 g/mol. The van der Waals surface area contributed by atoms with E-state index in [1.165, 1.54) is 0 Å². The summed E-state index contributed by atoms with van der Waals surface area (Å²) in [5, 5.41) is 2.95. The summed E-state index contributed by atoms with van der Waals surface area (Å²) in [6.07, 6.45) is 1.91. The van der Waals surface area contributed by atoms with Crippen LogP contribution in [0.15, 0.2) is 4.47 Å². The smallest absolute Gasteiger partial charge is 0.317 e. The molecule has 2 saturated heterocycles. The zero-order valence-electron chi connectivity index (χ0n) is 12.6. The van der Waals surface area contributed by atoms with Crippen molar-refractivity contribution in [1.82, 2.24) is 20.2 Å². The first kappa shape index (κ1) is 14.6. The number of carbonyl (C=O) groups excluding carboxylic acids is 1. The molecule has 1 spiro atoms. The number of piperidine rings is 1. The highest BCUT2D eigenvalue weighted by Gasteiger charge is 2.45. The summed E-state index contributed by atoms with van der Waals surface area (Å²) in [5.41, 5.74) is 0.935. The minimum atomic E-state index is -0.0306. The van der Waals surface area contributed by atoms with Crippen molar-refractivity contribution in [2.24, 2.45) is 0 Å². The van der Waals surface area contributed by atoms with Crippen LogP contribution in [0.25, 0.3) is 0 Å². The lowest BCUT2D eigenvalue weighted by molar-refractivity contribution is 0.154. The standard InChI is InChI=1S/C14H20BrN5O/c1-9-11(15)12(18-10(2)17-9)20-6-4-14(5-7-20)8-16-13(21)19(14)3/h4-8H2,1-3H3,(H,16,21). The molecule has 2 fully saturated rings. The van der Waals surface area contributed by atoms with E-state index in [0.29, 0.717) is 0 Å². The second-order valence-corrected chi connectivity index (χ2v) is 6.72. The maximum atomic E-state index is 11.7. The first-order valence-corrected chi connectivity index (χ1v) is 8.00. The van der Waals surface area contributed by atoms with Gasteiger partial charge in [0.25, 0.3) is 0 Å². The predicted molar refractivity (Wildman–Crippen MR) is 84.5 cm³/mol. The maximum absolute atomic E-state index is 11.7. The first-order chi connectivity index (χ1) is 9.93. The van der Waals surface area contributed by atoms with Gasteiger partial charge in [-0.3, -0.25) is 0 Å². The van der Waals surface area contributed by atoms with E-state index in [1.54, 1.807) is 0 Å². The summed E-state index contributed by atoms with van der Waals surface area (Å²) in [4.78, 5) is 24.8. The van der Waals surface area contributed by atoms with Crippen LogP contribution in [0.3, 0.4) is 0 Å². The van der Waals surface area contributed by atoms with E-state index in [4.69, 9.17) is 0 Å². The second kappa shape index (κ2) is 5.12. The van der Waals surface area contributed by atoms with E-state index in [0.717, 1.165) is 54.3 Å². The third-order valence-electron chi connectivity index (χ3n) is 4.69. The van der Waals surface area contributed by atoms with Crippen molar-refractivity contribution in [3.63, 3.8) is 0 Å². The highest BCUT2D eigenvalue weighted by Crippen LogP contribution is 2.35. The summed E-state index contributed by atoms with van der Waals surface area (Å²) < 4.78 is 0.970. The fourth-order valence-corrected chi connectivity index (χ4v) is 3.66. The fourth-order valence-electron chi connectivity index (χ4n) is 3.23. The number of rotatable bonds is 1. The maximum Gasteiger partial charge on any atom is 0.317 e. The fraction of sp³-hybridized carbons (Fsp3) is 0.643. The van der Waals surface area contributed by atoms with Gasteiger partial charge in [0.1, 0.15) is 11.6 Å². The number of carbonyl (C=O) groups is 1. The Labute approximate surface area is 133 Å². The SMILES string of the molecule is Cc1nc(C)c(Br)c(N2CCC3(CC2)CNC(=O)N3C)n1. The topological polar surface area (TPSA) is 61.4 Å². The van der Waals surface area contributed by atoms with Gasteiger partial charge in [0.05, 0.1) is 15.7 Å². The quantitative estimate of drug-likeness (QED) is 0.836. The molecule has 0 bridgehead atoms. The number of aromatic nitrogens is 2. The molecule has 1 N–H and O–H groups in total. The zero-order chi connectivity index (χ0) is 15.2. The van der Waals surface area contributed by atoms with E-state index in [2.05, 4.69) is 36.1 Å². The summed E-state index contributed by atoms with van der Waals surface area (Å²) in [7, 11) is 1.90. The summed E-state index contributed by atoms with van der Waals surface area (Å²) in [6, 6.07) is 0.0401. The molecule has 0 unspecified atom stereocenters. The molecule has 0 aromatic carbocycles. The van der Waals surface area contributed by atoms with E-state index in [9.17, 15) is 4.79 Å². The molecule has 3 rings (SSSR count). The number of likely N-dealkylation sites (N-methyl/N-ethyl adjacent to an activating group) is 1. The van der Waals surface area contributed by atoms with Crippen molar-refractivity contribution in [1.29, 1.82) is 0 Å². The van der Waals surface area contributed by atoms with Gasteiger partial charge in [0, 0.05) is 26.7 Å². The molecule has 0 radical (unpaired) electrons. The molecule has 6 nitrogen and oxygen atoms in total. The van der Waals surface area contributed by atoms with Crippen molar-refractivity contribution < 1.29 is 4.79 Å². The van der Waals surface area contributed by atoms with Crippen LogP contribution in [0.5, 0.6) is 0 Å². The molecule has 2 aliphatic heterocycles. The normalized spacial score (nSPS) is 21.0. The lowest BCUT2D eigenvalue weighted by Gasteiger charge is -2.43. The molecular formula is C14H20BrN5O. The number of aryl methyl sites for hydroxylation is 2. The van der Waals surface area contributed by atoms with E-state index in [-0.39, 0.29) is 11.6 Å². The lowest BCUT2D eigenvalue weighted by Crippen LogP contribution is -2.53. The Morgan fingerprint density at radius 2 is 1.90 bits per heavy atom. The Kier molecular flexibility index (Phi) is 3.55. The zero-order valence-corrected chi connectivity index (χ0v) is 14.2. The van der Waals surface area contributed by atoms with Crippen LogP contribution < -0.4 is 10.2 Å². The molecule has 7 heteroatoms. The van der Waals surface area contributed by atoms with Gasteiger partial charge in [-0.25, -0.2) is 14.8 Å². The van der Waals surface area contributed by atoms with Crippen LogP contribution in [0.2, 0.25) is 0 Å². The van der Waals surface area contributed by atoms with Gasteiger partial charge in [-0.2, -0.15) is 0 Å². The van der Waals surface area contributed by atoms with E-state index < -0.39 is 0 Å². The molecular weight excluding hydrogens is 334 g/mol. The number of hydrogen-bond acceptors (Lipinski definition) is 4. The van der Waals surface area contributed by atoms with Crippen LogP contribution in [0.4, 0.5) is 10.6 Å². The molecule has 1 aromatic rings. The highest BCUT2D eigenvalue weighted by atomic mass is 79.9. The van der Waals surface area contributed by atoms with Crippen LogP contribution in [-0.4, -0.2) is 53.1 Å². The number of nitrogens with zero attached hydrogens (tertiary/aromatic N) is 4.